The molecule has 2 aromatic rings. The van der Waals surface area contributed by atoms with E-state index in [1.807, 2.05) is 39.0 Å². The van der Waals surface area contributed by atoms with Crippen LogP contribution in [-0.4, -0.2) is 64.3 Å². The molecule has 5 rings (SSSR count). The number of hydrogen-bond acceptors (Lipinski definition) is 7. The molecule has 0 bridgehead atoms. The normalized spacial score (nSPS) is 18.4. The number of fused-ring (bicyclic) bond motifs is 2. The lowest BCUT2D eigenvalue weighted by Gasteiger charge is -2.36. The quantitative estimate of drug-likeness (QED) is 0.588. The smallest absolute Gasteiger partial charge is 0.419 e. The third kappa shape index (κ3) is 4.69. The Hall–Kier alpha value is -2.49. The van der Waals surface area contributed by atoms with Crippen LogP contribution in [0.15, 0.2) is 40.1 Å². The van der Waals surface area contributed by atoms with Crippen molar-refractivity contribution < 1.29 is 23.4 Å². The zero-order valence-corrected chi connectivity index (χ0v) is 20.6. The molecule has 1 amide bonds. The van der Waals surface area contributed by atoms with Crippen LogP contribution >= 0.6 is 11.8 Å². The average Bonchev–Trinajstić information content (AvgIpc) is 2.82. The molecule has 0 aliphatic carbocycles. The van der Waals surface area contributed by atoms with Gasteiger partial charge >= 0.3 is 6.09 Å². The highest BCUT2D eigenvalue weighted by molar-refractivity contribution is 7.99. The minimum absolute atomic E-state index is 0.239. The maximum atomic E-state index is 15.7. The number of carbonyl (C=O) groups excluding carboxylic acids is 1. The molecule has 9 heteroatoms. The zero-order chi connectivity index (χ0) is 23.9. The number of carbonyl (C=O) groups is 1. The summed E-state index contributed by atoms with van der Waals surface area (Å²) >= 11 is 1.49. The minimum atomic E-state index is -0.708. The monoisotopic (exact) mass is 487 g/mol. The molecule has 0 aromatic heterocycles. The number of benzene rings is 2. The summed E-state index contributed by atoms with van der Waals surface area (Å²) in [6.07, 6.45) is -0.590. The van der Waals surface area contributed by atoms with Crippen molar-refractivity contribution in [2.75, 3.05) is 67.3 Å². The van der Waals surface area contributed by atoms with Crippen LogP contribution in [0.3, 0.4) is 0 Å². The standard InChI is InChI=1S/C25H30FN3O4S/c1-25(2,3)33-24(30)29-20-5-4-17(27-6-10-31-11-7-27)15-21(20)34-22-16-18(14-19(26)23(22)29)28-8-12-32-13-9-28/h4-5,14-16H,6-13H2,1-3H3. The minimum Gasteiger partial charge on any atom is -0.443 e. The van der Waals surface area contributed by atoms with Crippen LogP contribution in [0.25, 0.3) is 0 Å². The predicted molar refractivity (Wildman–Crippen MR) is 131 cm³/mol. The molecule has 0 saturated carbocycles. The number of hydrogen-bond donors (Lipinski definition) is 0. The number of anilines is 4. The molecule has 2 fully saturated rings. The molecule has 2 saturated heterocycles. The molecule has 182 valence electrons. The molecule has 34 heavy (non-hydrogen) atoms. The second-order valence-corrected chi connectivity index (χ2v) is 10.6. The van der Waals surface area contributed by atoms with Gasteiger partial charge in [0.25, 0.3) is 0 Å². The van der Waals surface area contributed by atoms with Gasteiger partial charge in [-0.05, 0) is 51.1 Å². The van der Waals surface area contributed by atoms with Gasteiger partial charge in [0.05, 0.1) is 32.1 Å². The number of morpholine rings is 2. The maximum absolute atomic E-state index is 15.7. The van der Waals surface area contributed by atoms with Crippen molar-refractivity contribution >= 4 is 40.6 Å². The fraction of sp³-hybridized carbons (Fsp3) is 0.480. The largest absolute Gasteiger partial charge is 0.443 e. The second-order valence-electron chi connectivity index (χ2n) is 9.54. The SMILES string of the molecule is CC(C)(C)OC(=O)N1c2ccc(N3CCOCC3)cc2Sc2cc(N3CCOCC3)cc(F)c21. The highest BCUT2D eigenvalue weighted by atomic mass is 32.2. The van der Waals surface area contributed by atoms with Crippen LogP contribution in [0.2, 0.25) is 0 Å². The first-order valence-corrected chi connectivity index (χ1v) is 12.5. The van der Waals surface area contributed by atoms with Gasteiger partial charge in [-0.15, -0.1) is 0 Å². The van der Waals surface area contributed by atoms with Crippen LogP contribution in [0, 0.1) is 5.82 Å². The van der Waals surface area contributed by atoms with Gasteiger partial charge in [0.1, 0.15) is 11.3 Å². The van der Waals surface area contributed by atoms with E-state index >= 15 is 4.39 Å². The molecule has 2 aromatic carbocycles. The first-order chi connectivity index (χ1) is 16.3. The Kier molecular flexibility index (Phi) is 6.35. The number of halogens is 1. The molecule has 3 aliphatic rings. The highest BCUT2D eigenvalue weighted by Gasteiger charge is 2.35. The lowest BCUT2D eigenvalue weighted by atomic mass is 10.1. The Morgan fingerprint density at radius 3 is 2.12 bits per heavy atom. The fourth-order valence-corrected chi connectivity index (χ4v) is 5.53. The first kappa shape index (κ1) is 23.3. The lowest BCUT2D eigenvalue weighted by molar-refractivity contribution is 0.0596. The molecular weight excluding hydrogens is 457 g/mol. The van der Waals surface area contributed by atoms with Crippen LogP contribution in [0.4, 0.5) is 31.9 Å². The Bertz CT molecular complexity index is 1080. The van der Waals surface area contributed by atoms with E-state index in [1.54, 1.807) is 0 Å². The summed E-state index contributed by atoms with van der Waals surface area (Å²) < 4.78 is 32.3. The molecule has 0 N–H and O–H groups in total. The van der Waals surface area contributed by atoms with Crippen molar-refractivity contribution in [2.45, 2.75) is 36.2 Å². The van der Waals surface area contributed by atoms with E-state index in [-0.39, 0.29) is 5.69 Å². The number of nitrogens with zero attached hydrogens (tertiary/aromatic N) is 3. The third-order valence-corrected chi connectivity index (χ3v) is 7.05. The Morgan fingerprint density at radius 1 is 0.912 bits per heavy atom. The van der Waals surface area contributed by atoms with Crippen LogP contribution in [0.5, 0.6) is 0 Å². The zero-order valence-electron chi connectivity index (χ0n) is 19.8. The first-order valence-electron chi connectivity index (χ1n) is 11.6. The van der Waals surface area contributed by atoms with Crippen molar-refractivity contribution in [3.63, 3.8) is 0 Å². The molecule has 0 spiro atoms. The van der Waals surface area contributed by atoms with E-state index in [4.69, 9.17) is 14.2 Å². The summed E-state index contributed by atoms with van der Waals surface area (Å²) in [5.74, 6) is -0.444. The van der Waals surface area contributed by atoms with E-state index in [0.717, 1.165) is 29.4 Å². The number of amides is 1. The Labute approximate surface area is 203 Å². The topological polar surface area (TPSA) is 54.5 Å². The second kappa shape index (κ2) is 9.28. The lowest BCUT2D eigenvalue weighted by Crippen LogP contribution is -2.38. The molecule has 0 radical (unpaired) electrons. The van der Waals surface area contributed by atoms with Crippen molar-refractivity contribution in [3.05, 3.63) is 36.1 Å². The van der Waals surface area contributed by atoms with Gasteiger partial charge in [0.2, 0.25) is 0 Å². The third-order valence-electron chi connectivity index (χ3n) is 5.97. The van der Waals surface area contributed by atoms with E-state index in [0.29, 0.717) is 50.1 Å². The van der Waals surface area contributed by atoms with Gasteiger partial charge in [0, 0.05) is 47.3 Å². The van der Waals surface area contributed by atoms with E-state index in [1.165, 1.54) is 22.7 Å². The Balaban J connectivity index is 1.57. The molecule has 0 unspecified atom stereocenters. The summed E-state index contributed by atoms with van der Waals surface area (Å²) in [5, 5.41) is 0. The summed E-state index contributed by atoms with van der Waals surface area (Å²) in [6.45, 7) is 11.1. The maximum Gasteiger partial charge on any atom is 0.419 e. The molecule has 3 heterocycles. The van der Waals surface area contributed by atoms with Crippen LogP contribution in [-0.2, 0) is 14.2 Å². The van der Waals surface area contributed by atoms with Gasteiger partial charge in [0.15, 0.2) is 5.82 Å². The van der Waals surface area contributed by atoms with Crippen molar-refractivity contribution in [3.8, 4) is 0 Å². The molecule has 0 atom stereocenters. The van der Waals surface area contributed by atoms with E-state index < -0.39 is 17.5 Å². The summed E-state index contributed by atoms with van der Waals surface area (Å²) in [4.78, 5) is 20.7. The molecule has 7 nitrogen and oxygen atoms in total. The van der Waals surface area contributed by atoms with E-state index in [2.05, 4.69) is 15.9 Å². The van der Waals surface area contributed by atoms with Crippen molar-refractivity contribution in [2.24, 2.45) is 0 Å². The van der Waals surface area contributed by atoms with Crippen LogP contribution in [0.1, 0.15) is 20.8 Å². The number of rotatable bonds is 2. The average molecular weight is 488 g/mol. The summed E-state index contributed by atoms with van der Waals surface area (Å²) in [5.41, 5.74) is 2.01. The van der Waals surface area contributed by atoms with Gasteiger partial charge in [-0.3, -0.25) is 0 Å². The van der Waals surface area contributed by atoms with Gasteiger partial charge in [-0.25, -0.2) is 14.1 Å². The van der Waals surface area contributed by atoms with Crippen molar-refractivity contribution in [1.29, 1.82) is 0 Å². The number of ether oxygens (including phenoxy) is 3. The van der Waals surface area contributed by atoms with Gasteiger partial charge < -0.3 is 24.0 Å². The molecular formula is C25H30FN3O4S. The van der Waals surface area contributed by atoms with E-state index in [9.17, 15) is 4.79 Å². The Morgan fingerprint density at radius 2 is 1.50 bits per heavy atom. The predicted octanol–water partition coefficient (Wildman–Crippen LogP) is 5.04. The van der Waals surface area contributed by atoms with Crippen molar-refractivity contribution in [1.82, 2.24) is 0 Å². The highest BCUT2D eigenvalue weighted by Crippen LogP contribution is 2.52. The summed E-state index contributed by atoms with van der Waals surface area (Å²) in [6, 6.07) is 9.42. The van der Waals surface area contributed by atoms with Crippen LogP contribution < -0.4 is 14.7 Å². The van der Waals surface area contributed by atoms with Gasteiger partial charge in [-0.1, -0.05) is 11.8 Å². The van der Waals surface area contributed by atoms with Gasteiger partial charge in [-0.2, -0.15) is 0 Å². The fourth-order valence-electron chi connectivity index (χ4n) is 4.38. The molecule has 3 aliphatic heterocycles. The summed E-state index contributed by atoms with van der Waals surface area (Å²) in [7, 11) is 0.